The van der Waals surface area contributed by atoms with Crippen molar-refractivity contribution in [1.29, 1.82) is 0 Å². The maximum absolute atomic E-state index is 12.5. The zero-order valence-corrected chi connectivity index (χ0v) is 22.5. The van der Waals surface area contributed by atoms with E-state index in [2.05, 4.69) is 39.0 Å². The van der Waals surface area contributed by atoms with Crippen molar-refractivity contribution in [2.75, 3.05) is 0 Å². The van der Waals surface area contributed by atoms with Crippen molar-refractivity contribution in [1.82, 2.24) is 0 Å². The minimum atomic E-state index is -1.75. The van der Waals surface area contributed by atoms with Crippen LogP contribution in [0, 0.1) is 34.0 Å². The Labute approximate surface area is 172 Å². The van der Waals surface area contributed by atoms with Crippen molar-refractivity contribution < 1.29 is 32.9 Å². The summed E-state index contributed by atoms with van der Waals surface area (Å²) in [4.78, 5) is 24.8. The summed E-state index contributed by atoms with van der Waals surface area (Å²) in [6.45, 7) is 8.67. The van der Waals surface area contributed by atoms with E-state index in [-0.39, 0.29) is 22.0 Å². The summed E-state index contributed by atoms with van der Waals surface area (Å²) in [5, 5.41) is 0. The van der Waals surface area contributed by atoms with Crippen molar-refractivity contribution in [3.05, 3.63) is 33.0 Å². The molecule has 4 aliphatic rings. The predicted molar refractivity (Wildman–Crippen MR) is 100 cm³/mol. The molecule has 0 aliphatic heterocycles. The van der Waals surface area contributed by atoms with E-state index in [1.807, 2.05) is 6.08 Å². The summed E-state index contributed by atoms with van der Waals surface area (Å²) in [6, 6.07) is 0. The van der Waals surface area contributed by atoms with Gasteiger partial charge in [-0.25, -0.2) is 0 Å². The summed E-state index contributed by atoms with van der Waals surface area (Å²) < 4.78 is 0.959. The molecule has 2 fully saturated rings. The second-order valence-corrected chi connectivity index (χ2v) is 15.9. The van der Waals surface area contributed by atoms with Crippen LogP contribution in [0.25, 0.3) is 0 Å². The van der Waals surface area contributed by atoms with Crippen molar-refractivity contribution in [3.8, 4) is 0 Å². The number of fused-ring (bicyclic) bond motifs is 5. The average Bonchev–Trinajstić information content (AvgIpc) is 2.88. The normalized spacial score (nSPS) is 46.5. The van der Waals surface area contributed by atoms with Crippen molar-refractivity contribution in [2.24, 2.45) is 34.0 Å². The standard InChI is InChI=1S/C22H27O2.ClH.Hg/c1-14(23)21(3)11-9-19-17-6-5-15-13-16(24)7-10-20(15,2)18(17)8-12-22(19,21)4;;/h5-6,10,13,17-19H,8-9,11-12H2,1-4H3;1H;/q;;+1/p-1/t17-,18+,19+,20+,21-,22+;;/m1../s1. The van der Waals surface area contributed by atoms with E-state index in [1.54, 1.807) is 6.92 Å². The summed E-state index contributed by atoms with van der Waals surface area (Å²) in [5.41, 5.74) is 1.01. The van der Waals surface area contributed by atoms with Crippen LogP contribution in [0.2, 0.25) is 0 Å². The first-order valence-electron chi connectivity index (χ1n) is 9.91. The van der Waals surface area contributed by atoms with E-state index in [4.69, 9.17) is 8.25 Å². The molecule has 0 unspecified atom stereocenters. The average molecular weight is 559 g/mol. The molecule has 0 bridgehead atoms. The Hall–Kier alpha value is -0.215. The van der Waals surface area contributed by atoms with Gasteiger partial charge in [-0.15, -0.1) is 0 Å². The van der Waals surface area contributed by atoms with Crippen LogP contribution in [0.5, 0.6) is 0 Å². The van der Waals surface area contributed by atoms with Gasteiger partial charge in [0, 0.05) is 0 Å². The van der Waals surface area contributed by atoms with E-state index in [1.165, 1.54) is 5.57 Å². The van der Waals surface area contributed by atoms with Crippen LogP contribution in [0.15, 0.2) is 33.0 Å². The van der Waals surface area contributed by atoms with Gasteiger partial charge in [-0.2, -0.15) is 0 Å². The Morgan fingerprint density at radius 2 is 1.88 bits per heavy atom. The zero-order chi connectivity index (χ0) is 18.9. The Morgan fingerprint density at radius 1 is 1.19 bits per heavy atom. The van der Waals surface area contributed by atoms with E-state index in [9.17, 15) is 9.59 Å². The van der Waals surface area contributed by atoms with Gasteiger partial charge in [0.1, 0.15) is 0 Å². The van der Waals surface area contributed by atoms with Gasteiger partial charge < -0.3 is 0 Å². The number of Topliss-reactive ketones (excluding diaryl/α,β-unsaturated/α-hetero) is 1. The third kappa shape index (κ3) is 2.33. The summed E-state index contributed by atoms with van der Waals surface area (Å²) in [7, 11) is 6.28. The number of ketones is 2. The summed E-state index contributed by atoms with van der Waals surface area (Å²) in [5.74, 6) is 2.08. The molecule has 0 aromatic carbocycles. The van der Waals surface area contributed by atoms with E-state index < -0.39 is 23.3 Å². The number of carbonyl (C=O) groups is 2. The molecule has 0 N–H and O–H groups in total. The fraction of sp³-hybridized carbons (Fsp3) is 0.636. The molecule has 6 atom stereocenters. The molecule has 0 radical (unpaired) electrons. The summed E-state index contributed by atoms with van der Waals surface area (Å²) in [6.07, 6.45) is 13.0. The molecule has 26 heavy (non-hydrogen) atoms. The Balaban J connectivity index is 1.77. The molecule has 0 aromatic rings. The molecular weight excluding hydrogens is 532 g/mol. The molecular formula is C22H27ClHgO2. The summed E-state index contributed by atoms with van der Waals surface area (Å²) >= 11 is -1.75. The van der Waals surface area contributed by atoms with Gasteiger partial charge in [-0.05, 0) is 0 Å². The van der Waals surface area contributed by atoms with Gasteiger partial charge in [0.15, 0.2) is 0 Å². The second kappa shape index (κ2) is 6.14. The quantitative estimate of drug-likeness (QED) is 0.435. The van der Waals surface area contributed by atoms with E-state index in [0.29, 0.717) is 23.5 Å². The predicted octanol–water partition coefficient (Wildman–Crippen LogP) is 5.23. The third-order valence-electron chi connectivity index (χ3n) is 8.83. The van der Waals surface area contributed by atoms with Crippen molar-refractivity contribution in [2.45, 2.75) is 53.4 Å². The van der Waals surface area contributed by atoms with Crippen LogP contribution in [0.4, 0.5) is 0 Å². The molecule has 0 heterocycles. The van der Waals surface area contributed by atoms with Gasteiger partial charge in [0.05, 0.1) is 0 Å². The molecule has 136 valence electrons. The Morgan fingerprint density at radius 3 is 2.54 bits per heavy atom. The molecule has 4 heteroatoms. The number of rotatable bonds is 2. The number of halogens is 1. The van der Waals surface area contributed by atoms with E-state index in [0.717, 1.165) is 28.8 Å². The van der Waals surface area contributed by atoms with E-state index >= 15 is 0 Å². The molecule has 4 aliphatic carbocycles. The second-order valence-electron chi connectivity index (χ2n) is 9.58. The molecule has 4 rings (SSSR count). The SMILES string of the molecule is CC(=O)[C@@]1(C)CC[C@H]2[C@@H]3C=CC4=CC(=O)[C]([Hg][Cl])=C[C@]4(C)[C@H]3CC[C@@]21C. The van der Waals surface area contributed by atoms with Gasteiger partial charge in [0.2, 0.25) is 0 Å². The van der Waals surface area contributed by atoms with Gasteiger partial charge in [0.25, 0.3) is 0 Å². The maximum atomic E-state index is 12.5. The zero-order valence-electron chi connectivity index (χ0n) is 16.3. The molecule has 0 saturated heterocycles. The van der Waals surface area contributed by atoms with Gasteiger partial charge in [-0.1, -0.05) is 0 Å². The Bertz CT molecular complexity index is 781. The monoisotopic (exact) mass is 560 g/mol. The van der Waals surface area contributed by atoms with Crippen LogP contribution in [-0.2, 0) is 32.9 Å². The number of carbonyl (C=O) groups excluding carboxylic acids is 2. The third-order valence-corrected chi connectivity index (χ3v) is 14.6. The molecule has 0 amide bonds. The first-order chi connectivity index (χ1) is 12.2. The first kappa shape index (κ1) is 19.1. The topological polar surface area (TPSA) is 34.1 Å². The fourth-order valence-electron chi connectivity index (χ4n) is 6.78. The van der Waals surface area contributed by atoms with Crippen LogP contribution >= 0.6 is 8.25 Å². The van der Waals surface area contributed by atoms with Crippen LogP contribution in [0.1, 0.15) is 53.4 Å². The molecule has 0 aromatic heterocycles. The van der Waals surface area contributed by atoms with Crippen LogP contribution in [-0.4, -0.2) is 11.6 Å². The minimum absolute atomic E-state index is 0.0614. The van der Waals surface area contributed by atoms with Gasteiger partial charge in [-0.3, -0.25) is 0 Å². The van der Waals surface area contributed by atoms with Gasteiger partial charge >= 0.3 is 173 Å². The fourth-order valence-corrected chi connectivity index (χ4v) is 11.5. The molecule has 2 saturated carbocycles. The first-order valence-corrected chi connectivity index (χ1v) is 19.4. The molecule has 0 spiro atoms. The number of hydrogen-bond donors (Lipinski definition) is 0. The van der Waals surface area contributed by atoms with Crippen LogP contribution in [0.3, 0.4) is 0 Å². The Kier molecular flexibility index (Phi) is 4.51. The molecule has 2 nitrogen and oxygen atoms in total. The van der Waals surface area contributed by atoms with Crippen molar-refractivity contribution >= 4 is 19.8 Å². The van der Waals surface area contributed by atoms with Crippen molar-refractivity contribution in [3.63, 3.8) is 0 Å². The number of hydrogen-bond acceptors (Lipinski definition) is 2. The number of allylic oxidation sites excluding steroid dienone is 6. The van der Waals surface area contributed by atoms with Crippen LogP contribution < -0.4 is 0 Å².